The molecular formula is C16H22N2O4. The lowest BCUT2D eigenvalue weighted by molar-refractivity contribution is -0.385. The van der Waals surface area contributed by atoms with E-state index in [4.69, 9.17) is 4.74 Å². The summed E-state index contributed by atoms with van der Waals surface area (Å²) in [6.45, 7) is 10.3. The minimum Gasteiger partial charge on any atom is -0.444 e. The summed E-state index contributed by atoms with van der Waals surface area (Å²) in [7, 11) is 0. The van der Waals surface area contributed by atoms with Gasteiger partial charge in [0, 0.05) is 30.6 Å². The van der Waals surface area contributed by atoms with E-state index in [1.54, 1.807) is 17.0 Å². The van der Waals surface area contributed by atoms with Crippen LogP contribution < -0.4 is 0 Å². The van der Waals surface area contributed by atoms with E-state index in [2.05, 4.69) is 0 Å². The summed E-state index contributed by atoms with van der Waals surface area (Å²) in [5.74, 6) is 0. The van der Waals surface area contributed by atoms with Gasteiger partial charge in [0.25, 0.3) is 5.69 Å². The number of rotatable bonds is 1. The second kappa shape index (κ2) is 5.26. The van der Waals surface area contributed by atoms with Crippen LogP contribution in [-0.4, -0.2) is 28.1 Å². The fourth-order valence-electron chi connectivity index (χ4n) is 2.76. The maximum Gasteiger partial charge on any atom is 0.410 e. The Morgan fingerprint density at radius 3 is 2.55 bits per heavy atom. The molecule has 0 N–H and O–H groups in total. The van der Waals surface area contributed by atoms with Crippen LogP contribution in [0, 0.1) is 10.1 Å². The standard InChI is InChI=1S/C16H22N2O4/c1-15(2,3)22-14(19)17-9-11-8-12(18(20)21)6-7-13(11)16(4,5)10-17/h6-8H,9-10H2,1-5H3. The SMILES string of the molecule is CC(C)(C)OC(=O)N1Cc2cc([N+](=O)[O-])ccc2C(C)(C)C1. The highest BCUT2D eigenvalue weighted by atomic mass is 16.6. The summed E-state index contributed by atoms with van der Waals surface area (Å²) in [5, 5.41) is 11.0. The summed E-state index contributed by atoms with van der Waals surface area (Å²) in [5.41, 5.74) is 1.04. The Labute approximate surface area is 130 Å². The van der Waals surface area contributed by atoms with E-state index in [1.165, 1.54) is 6.07 Å². The Morgan fingerprint density at radius 2 is 2.00 bits per heavy atom. The molecule has 0 unspecified atom stereocenters. The maximum atomic E-state index is 12.3. The number of carbonyl (C=O) groups is 1. The van der Waals surface area contributed by atoms with Gasteiger partial charge in [-0.3, -0.25) is 10.1 Å². The van der Waals surface area contributed by atoms with Gasteiger partial charge in [-0.25, -0.2) is 4.79 Å². The second-order valence-electron chi connectivity index (χ2n) is 7.32. The molecule has 0 bridgehead atoms. The van der Waals surface area contributed by atoms with Crippen LogP contribution in [0.5, 0.6) is 0 Å². The first kappa shape index (κ1) is 16.3. The van der Waals surface area contributed by atoms with Gasteiger partial charge in [0.15, 0.2) is 0 Å². The van der Waals surface area contributed by atoms with Crippen LogP contribution in [0.15, 0.2) is 18.2 Å². The fourth-order valence-corrected chi connectivity index (χ4v) is 2.76. The Morgan fingerprint density at radius 1 is 1.36 bits per heavy atom. The number of nitro benzene ring substituents is 1. The molecule has 1 heterocycles. The average molecular weight is 306 g/mol. The van der Waals surface area contributed by atoms with Crippen molar-refractivity contribution >= 4 is 11.8 Å². The number of hydrogen-bond acceptors (Lipinski definition) is 4. The molecule has 0 aromatic heterocycles. The van der Waals surface area contributed by atoms with Crippen LogP contribution in [0.4, 0.5) is 10.5 Å². The first-order chi connectivity index (χ1) is 9.99. The molecule has 1 aliphatic rings. The lowest BCUT2D eigenvalue weighted by Crippen LogP contribution is -2.46. The molecule has 1 amide bonds. The molecule has 1 aromatic carbocycles. The van der Waals surface area contributed by atoms with Crippen molar-refractivity contribution in [3.05, 3.63) is 39.4 Å². The third-order valence-electron chi connectivity index (χ3n) is 3.63. The average Bonchev–Trinajstić information content (AvgIpc) is 2.35. The van der Waals surface area contributed by atoms with E-state index in [0.29, 0.717) is 13.1 Å². The molecule has 6 nitrogen and oxygen atoms in total. The molecule has 0 fully saturated rings. The lowest BCUT2D eigenvalue weighted by Gasteiger charge is -2.40. The quantitative estimate of drug-likeness (QED) is 0.586. The Balaban J connectivity index is 2.33. The summed E-state index contributed by atoms with van der Waals surface area (Å²) in [4.78, 5) is 24.4. The van der Waals surface area contributed by atoms with Crippen LogP contribution in [0.1, 0.15) is 45.7 Å². The minimum atomic E-state index is -0.565. The van der Waals surface area contributed by atoms with Gasteiger partial charge in [-0.2, -0.15) is 0 Å². The number of ether oxygens (including phenoxy) is 1. The second-order valence-corrected chi connectivity index (χ2v) is 7.32. The highest BCUT2D eigenvalue weighted by Gasteiger charge is 2.36. The van der Waals surface area contributed by atoms with Crippen LogP contribution in [0.2, 0.25) is 0 Å². The van der Waals surface area contributed by atoms with Crippen molar-refractivity contribution < 1.29 is 14.5 Å². The number of non-ortho nitro benzene ring substituents is 1. The van der Waals surface area contributed by atoms with Crippen molar-refractivity contribution in [2.75, 3.05) is 6.54 Å². The number of carbonyl (C=O) groups excluding carboxylic acids is 1. The first-order valence-electron chi connectivity index (χ1n) is 7.25. The van der Waals surface area contributed by atoms with Crippen LogP contribution in [0.25, 0.3) is 0 Å². The van der Waals surface area contributed by atoms with E-state index < -0.39 is 16.6 Å². The fraction of sp³-hybridized carbons (Fsp3) is 0.562. The van der Waals surface area contributed by atoms with Gasteiger partial charge in [0.2, 0.25) is 0 Å². The van der Waals surface area contributed by atoms with Gasteiger partial charge in [0.1, 0.15) is 5.60 Å². The highest BCUT2D eigenvalue weighted by molar-refractivity contribution is 5.69. The maximum absolute atomic E-state index is 12.3. The normalized spacial score (nSPS) is 16.9. The van der Waals surface area contributed by atoms with Crippen LogP contribution in [0.3, 0.4) is 0 Å². The van der Waals surface area contributed by atoms with E-state index in [1.807, 2.05) is 34.6 Å². The molecule has 0 saturated carbocycles. The van der Waals surface area contributed by atoms with Crippen molar-refractivity contribution in [1.82, 2.24) is 4.90 Å². The zero-order valence-electron chi connectivity index (χ0n) is 13.7. The number of fused-ring (bicyclic) bond motifs is 1. The van der Waals surface area contributed by atoms with E-state index in [9.17, 15) is 14.9 Å². The van der Waals surface area contributed by atoms with Crippen molar-refractivity contribution in [1.29, 1.82) is 0 Å². The predicted molar refractivity (Wildman–Crippen MR) is 82.8 cm³/mol. The molecule has 0 atom stereocenters. The minimum absolute atomic E-state index is 0.0422. The predicted octanol–water partition coefficient (Wildman–Crippen LogP) is 3.62. The van der Waals surface area contributed by atoms with E-state index >= 15 is 0 Å². The number of benzene rings is 1. The third kappa shape index (κ3) is 3.37. The monoisotopic (exact) mass is 306 g/mol. The molecule has 1 aromatic rings. The van der Waals surface area contributed by atoms with Gasteiger partial charge in [0.05, 0.1) is 4.92 Å². The van der Waals surface area contributed by atoms with E-state index in [-0.39, 0.29) is 11.1 Å². The van der Waals surface area contributed by atoms with Gasteiger partial charge in [-0.05, 0) is 31.9 Å². The van der Waals surface area contributed by atoms with Gasteiger partial charge in [-0.15, -0.1) is 0 Å². The summed E-state index contributed by atoms with van der Waals surface area (Å²) in [6.07, 6.45) is -0.391. The molecule has 2 rings (SSSR count). The number of nitrogens with zero attached hydrogens (tertiary/aromatic N) is 2. The molecule has 0 saturated heterocycles. The highest BCUT2D eigenvalue weighted by Crippen LogP contribution is 2.35. The molecule has 6 heteroatoms. The van der Waals surface area contributed by atoms with Crippen molar-refractivity contribution in [2.45, 2.75) is 52.2 Å². The zero-order chi connectivity index (χ0) is 16.7. The Kier molecular flexibility index (Phi) is 3.89. The summed E-state index contributed by atoms with van der Waals surface area (Å²) >= 11 is 0. The molecule has 0 radical (unpaired) electrons. The zero-order valence-corrected chi connectivity index (χ0v) is 13.7. The number of amides is 1. The molecule has 120 valence electrons. The molecular weight excluding hydrogens is 284 g/mol. The summed E-state index contributed by atoms with van der Waals surface area (Å²) < 4.78 is 5.42. The van der Waals surface area contributed by atoms with E-state index in [0.717, 1.165) is 11.1 Å². The van der Waals surface area contributed by atoms with Crippen LogP contribution in [-0.2, 0) is 16.7 Å². The largest absolute Gasteiger partial charge is 0.444 e. The first-order valence-corrected chi connectivity index (χ1v) is 7.25. The number of nitro groups is 1. The van der Waals surface area contributed by atoms with Gasteiger partial charge < -0.3 is 9.64 Å². The molecule has 1 aliphatic heterocycles. The smallest absolute Gasteiger partial charge is 0.410 e. The number of hydrogen-bond donors (Lipinski definition) is 0. The van der Waals surface area contributed by atoms with Gasteiger partial charge >= 0.3 is 6.09 Å². The van der Waals surface area contributed by atoms with Gasteiger partial charge in [-0.1, -0.05) is 19.9 Å². The topological polar surface area (TPSA) is 72.7 Å². The lowest BCUT2D eigenvalue weighted by atomic mass is 9.78. The van der Waals surface area contributed by atoms with Crippen molar-refractivity contribution in [2.24, 2.45) is 0 Å². The van der Waals surface area contributed by atoms with Crippen molar-refractivity contribution in [3.63, 3.8) is 0 Å². The molecule has 22 heavy (non-hydrogen) atoms. The third-order valence-corrected chi connectivity index (χ3v) is 3.63. The molecule has 0 aliphatic carbocycles. The molecule has 0 spiro atoms. The van der Waals surface area contributed by atoms with Crippen LogP contribution >= 0.6 is 0 Å². The Bertz CT molecular complexity index is 617. The summed E-state index contributed by atoms with van der Waals surface area (Å²) in [6, 6.07) is 4.86. The Hall–Kier alpha value is -2.11. The van der Waals surface area contributed by atoms with Crippen molar-refractivity contribution in [3.8, 4) is 0 Å².